The number of rotatable bonds is 7. The molecule has 1 aliphatic carbocycles. The molecule has 1 saturated carbocycles. The molecule has 0 bridgehead atoms. The van der Waals surface area contributed by atoms with Crippen LogP contribution in [0.4, 0.5) is 0 Å². The van der Waals surface area contributed by atoms with E-state index >= 15 is 0 Å². The number of carbonyl (C=O) groups is 1. The lowest BCUT2D eigenvalue weighted by Gasteiger charge is -2.30. The van der Waals surface area contributed by atoms with Crippen molar-refractivity contribution in [3.63, 3.8) is 0 Å². The number of hydrogen-bond acceptors (Lipinski definition) is 5. The van der Waals surface area contributed by atoms with Gasteiger partial charge in [0.05, 0.1) is 18.6 Å². The molecule has 124 valence electrons. The Labute approximate surface area is 136 Å². The second kappa shape index (κ2) is 8.65. The molecule has 1 fully saturated rings. The highest BCUT2D eigenvalue weighted by atomic mass is 32.1. The van der Waals surface area contributed by atoms with E-state index in [-0.39, 0.29) is 17.9 Å². The van der Waals surface area contributed by atoms with Crippen LogP contribution in [-0.4, -0.2) is 29.8 Å². The molecule has 0 saturated heterocycles. The van der Waals surface area contributed by atoms with E-state index in [1.807, 2.05) is 24.4 Å². The molecule has 0 spiro atoms. The van der Waals surface area contributed by atoms with Crippen molar-refractivity contribution < 1.29 is 14.6 Å². The zero-order valence-electron chi connectivity index (χ0n) is 13.5. The summed E-state index contributed by atoms with van der Waals surface area (Å²) < 4.78 is 5.10. The third-order valence-electron chi connectivity index (χ3n) is 4.32. The van der Waals surface area contributed by atoms with Crippen LogP contribution in [0.25, 0.3) is 0 Å². The molecule has 0 aromatic carbocycles. The van der Waals surface area contributed by atoms with Gasteiger partial charge in [-0.3, -0.25) is 4.79 Å². The highest BCUT2D eigenvalue weighted by Crippen LogP contribution is 2.27. The van der Waals surface area contributed by atoms with Crippen molar-refractivity contribution in [1.29, 1.82) is 0 Å². The number of carbonyl (C=O) groups excluding carboxylic acids is 1. The number of nitrogens with one attached hydrogen (secondary N) is 1. The summed E-state index contributed by atoms with van der Waals surface area (Å²) in [6.07, 6.45) is 4.13. The number of aliphatic hydroxyl groups is 1. The quantitative estimate of drug-likeness (QED) is 0.756. The zero-order chi connectivity index (χ0) is 15.9. The molecule has 2 N–H and O–H groups in total. The molecule has 1 aromatic rings. The first-order valence-electron chi connectivity index (χ1n) is 8.24. The van der Waals surface area contributed by atoms with Gasteiger partial charge in [-0.15, -0.1) is 11.3 Å². The molecule has 1 aromatic heterocycles. The highest BCUT2D eigenvalue weighted by molar-refractivity contribution is 7.10. The second-order valence-electron chi connectivity index (χ2n) is 6.14. The summed E-state index contributed by atoms with van der Waals surface area (Å²) in [7, 11) is 0. The summed E-state index contributed by atoms with van der Waals surface area (Å²) in [5, 5.41) is 15.8. The fraction of sp³-hybridized carbons (Fsp3) is 0.706. The molecule has 2 rings (SSSR count). The maximum Gasteiger partial charge on any atom is 0.308 e. The van der Waals surface area contributed by atoms with Crippen LogP contribution in [0.15, 0.2) is 17.5 Å². The molecule has 2 unspecified atom stereocenters. The predicted molar refractivity (Wildman–Crippen MR) is 88.9 cm³/mol. The van der Waals surface area contributed by atoms with Gasteiger partial charge >= 0.3 is 5.97 Å². The summed E-state index contributed by atoms with van der Waals surface area (Å²) in [6.45, 7) is 4.44. The van der Waals surface area contributed by atoms with Crippen LogP contribution in [-0.2, 0) is 9.53 Å². The average molecular weight is 325 g/mol. The summed E-state index contributed by atoms with van der Waals surface area (Å²) in [5.74, 6) is 0.0344. The Morgan fingerprint density at radius 1 is 1.45 bits per heavy atom. The van der Waals surface area contributed by atoms with E-state index in [1.54, 1.807) is 11.3 Å². The highest BCUT2D eigenvalue weighted by Gasteiger charge is 2.28. The Hall–Kier alpha value is -0.910. The molecule has 4 nitrogen and oxygen atoms in total. The van der Waals surface area contributed by atoms with E-state index in [1.165, 1.54) is 0 Å². The van der Waals surface area contributed by atoms with Crippen LogP contribution in [0, 0.1) is 5.92 Å². The molecule has 0 amide bonds. The monoisotopic (exact) mass is 325 g/mol. The Balaban J connectivity index is 1.70. The van der Waals surface area contributed by atoms with E-state index in [0.717, 1.165) is 37.0 Å². The first-order valence-corrected chi connectivity index (χ1v) is 9.12. The molecule has 0 radical (unpaired) electrons. The van der Waals surface area contributed by atoms with Crippen LogP contribution in [0.2, 0.25) is 0 Å². The van der Waals surface area contributed by atoms with Crippen molar-refractivity contribution in [2.45, 2.75) is 64.1 Å². The SMILES string of the molecule is CCOC(=O)C1CCC(NC(C)CC(O)c2cccs2)CC1. The van der Waals surface area contributed by atoms with Crippen molar-refractivity contribution in [2.24, 2.45) is 5.92 Å². The molecular formula is C17H27NO3S. The summed E-state index contributed by atoms with van der Waals surface area (Å²) in [5.41, 5.74) is 0. The molecule has 1 heterocycles. The maximum atomic E-state index is 11.7. The fourth-order valence-corrected chi connectivity index (χ4v) is 3.88. The van der Waals surface area contributed by atoms with E-state index < -0.39 is 6.10 Å². The first-order chi connectivity index (χ1) is 10.6. The van der Waals surface area contributed by atoms with Gasteiger partial charge in [0.15, 0.2) is 0 Å². The molecule has 0 aliphatic heterocycles. The van der Waals surface area contributed by atoms with E-state index in [4.69, 9.17) is 4.74 Å². The third-order valence-corrected chi connectivity index (χ3v) is 5.29. The van der Waals surface area contributed by atoms with Crippen molar-refractivity contribution in [3.05, 3.63) is 22.4 Å². The number of esters is 1. The van der Waals surface area contributed by atoms with Crippen LogP contribution in [0.5, 0.6) is 0 Å². The number of hydrogen-bond donors (Lipinski definition) is 2. The summed E-state index contributed by atoms with van der Waals surface area (Å²) in [6, 6.07) is 4.65. The lowest BCUT2D eigenvalue weighted by atomic mass is 9.85. The lowest BCUT2D eigenvalue weighted by Crippen LogP contribution is -2.40. The minimum absolute atomic E-state index is 0.0397. The largest absolute Gasteiger partial charge is 0.466 e. The molecule has 1 aliphatic rings. The number of thiophene rings is 1. The van der Waals surface area contributed by atoms with Gasteiger partial charge in [-0.25, -0.2) is 0 Å². The van der Waals surface area contributed by atoms with Crippen LogP contribution in [0.1, 0.15) is 56.9 Å². The average Bonchev–Trinajstić information content (AvgIpc) is 3.02. The van der Waals surface area contributed by atoms with Gasteiger partial charge in [0, 0.05) is 17.0 Å². The van der Waals surface area contributed by atoms with E-state index in [0.29, 0.717) is 12.6 Å². The van der Waals surface area contributed by atoms with Crippen molar-refractivity contribution in [3.8, 4) is 0 Å². The van der Waals surface area contributed by atoms with Gasteiger partial charge < -0.3 is 15.2 Å². The van der Waals surface area contributed by atoms with Gasteiger partial charge in [-0.1, -0.05) is 6.07 Å². The van der Waals surface area contributed by atoms with Crippen molar-refractivity contribution >= 4 is 17.3 Å². The zero-order valence-corrected chi connectivity index (χ0v) is 14.3. The first kappa shape index (κ1) is 17.4. The molecule has 2 atom stereocenters. The topological polar surface area (TPSA) is 58.6 Å². The van der Waals surface area contributed by atoms with Gasteiger partial charge in [0.2, 0.25) is 0 Å². The van der Waals surface area contributed by atoms with Crippen molar-refractivity contribution in [2.75, 3.05) is 6.61 Å². The Kier molecular flexibility index (Phi) is 6.86. The van der Waals surface area contributed by atoms with Gasteiger partial charge in [-0.05, 0) is 57.4 Å². The van der Waals surface area contributed by atoms with Crippen molar-refractivity contribution in [1.82, 2.24) is 5.32 Å². The smallest absolute Gasteiger partial charge is 0.308 e. The number of aliphatic hydroxyl groups excluding tert-OH is 1. The Bertz CT molecular complexity index is 441. The van der Waals surface area contributed by atoms with Gasteiger partial charge in [0.25, 0.3) is 0 Å². The second-order valence-corrected chi connectivity index (χ2v) is 7.11. The third kappa shape index (κ3) is 5.07. The molecule has 22 heavy (non-hydrogen) atoms. The number of ether oxygens (including phenoxy) is 1. The molecular weight excluding hydrogens is 298 g/mol. The molecule has 5 heteroatoms. The van der Waals surface area contributed by atoms with Crippen LogP contribution >= 0.6 is 11.3 Å². The van der Waals surface area contributed by atoms with E-state index in [9.17, 15) is 9.90 Å². The van der Waals surface area contributed by atoms with Crippen LogP contribution in [0.3, 0.4) is 0 Å². The minimum atomic E-state index is -0.390. The predicted octanol–water partition coefficient (Wildman–Crippen LogP) is 3.27. The Morgan fingerprint density at radius 3 is 2.77 bits per heavy atom. The fourth-order valence-electron chi connectivity index (χ4n) is 3.16. The van der Waals surface area contributed by atoms with E-state index in [2.05, 4.69) is 12.2 Å². The summed E-state index contributed by atoms with van der Waals surface area (Å²) in [4.78, 5) is 12.8. The normalized spacial score (nSPS) is 24.7. The van der Waals surface area contributed by atoms with Gasteiger partial charge in [0.1, 0.15) is 0 Å². The van der Waals surface area contributed by atoms with Crippen LogP contribution < -0.4 is 5.32 Å². The minimum Gasteiger partial charge on any atom is -0.466 e. The standard InChI is InChI=1S/C17H27NO3S/c1-3-21-17(20)13-6-8-14(9-7-13)18-12(2)11-15(19)16-5-4-10-22-16/h4-5,10,12-15,18-19H,3,6-9,11H2,1-2H3. The summed E-state index contributed by atoms with van der Waals surface area (Å²) >= 11 is 1.60. The maximum absolute atomic E-state index is 11.7. The van der Waals surface area contributed by atoms with Gasteiger partial charge in [-0.2, -0.15) is 0 Å². The lowest BCUT2D eigenvalue weighted by molar-refractivity contribution is -0.149. The Morgan fingerprint density at radius 2 is 2.18 bits per heavy atom.